The lowest BCUT2D eigenvalue weighted by Crippen LogP contribution is -2.37. The summed E-state index contributed by atoms with van der Waals surface area (Å²) in [5, 5.41) is 6.63. The number of benzene rings is 2. The van der Waals surface area contributed by atoms with Crippen molar-refractivity contribution in [1.29, 1.82) is 0 Å². The Morgan fingerprint density at radius 2 is 1.76 bits per heavy atom. The van der Waals surface area contributed by atoms with Crippen LogP contribution in [0.1, 0.15) is 29.5 Å². The molecular formula is C23H33FN4O. The summed E-state index contributed by atoms with van der Waals surface area (Å²) in [6.45, 7) is 2.04. The molecule has 0 heterocycles. The number of ether oxygens (including phenoxy) is 1. The van der Waals surface area contributed by atoms with Gasteiger partial charge in [0.2, 0.25) is 0 Å². The zero-order chi connectivity index (χ0) is 21.1. The quantitative estimate of drug-likeness (QED) is 0.364. The molecule has 0 bridgehead atoms. The third-order valence-electron chi connectivity index (χ3n) is 4.62. The second-order valence-corrected chi connectivity index (χ2v) is 7.32. The number of methoxy groups -OCH3 is 1. The SMILES string of the molecule is CN=C(NCCCCc1ccc(OC)cc1)NCc1ccc(F)c(CN(C)C)c1. The van der Waals surface area contributed by atoms with E-state index in [1.165, 1.54) is 11.6 Å². The molecule has 0 aromatic heterocycles. The highest BCUT2D eigenvalue weighted by Crippen LogP contribution is 2.13. The van der Waals surface area contributed by atoms with E-state index in [1.54, 1.807) is 14.2 Å². The Bertz CT molecular complexity index is 775. The summed E-state index contributed by atoms with van der Waals surface area (Å²) in [6.07, 6.45) is 3.19. The second kappa shape index (κ2) is 12.1. The van der Waals surface area contributed by atoms with Crippen LogP contribution in [0.2, 0.25) is 0 Å². The Morgan fingerprint density at radius 3 is 2.41 bits per heavy atom. The standard InChI is InChI=1S/C23H33FN4O/c1-25-23(26-14-6-5-7-18-8-11-21(29-4)12-9-18)27-16-19-10-13-22(24)20(15-19)17-28(2)3/h8-13,15H,5-7,14,16-17H2,1-4H3,(H2,25,26,27). The van der Waals surface area contributed by atoms with Gasteiger partial charge in [0.05, 0.1) is 7.11 Å². The smallest absolute Gasteiger partial charge is 0.191 e. The monoisotopic (exact) mass is 400 g/mol. The van der Waals surface area contributed by atoms with Crippen molar-refractivity contribution in [3.8, 4) is 5.75 Å². The van der Waals surface area contributed by atoms with Gasteiger partial charge in [-0.1, -0.05) is 18.2 Å². The zero-order valence-electron chi connectivity index (χ0n) is 18.0. The van der Waals surface area contributed by atoms with Crippen LogP contribution in [0.15, 0.2) is 47.5 Å². The maximum atomic E-state index is 13.9. The van der Waals surface area contributed by atoms with Gasteiger partial charge in [-0.15, -0.1) is 0 Å². The number of hydrogen-bond donors (Lipinski definition) is 2. The lowest BCUT2D eigenvalue weighted by Gasteiger charge is -2.14. The van der Waals surface area contributed by atoms with E-state index in [0.717, 1.165) is 43.1 Å². The molecule has 29 heavy (non-hydrogen) atoms. The van der Waals surface area contributed by atoms with Crippen LogP contribution in [0.4, 0.5) is 4.39 Å². The molecule has 0 atom stereocenters. The Hall–Kier alpha value is -2.60. The average molecular weight is 401 g/mol. The molecule has 0 saturated carbocycles. The molecule has 0 aliphatic rings. The highest BCUT2D eigenvalue weighted by atomic mass is 19.1. The lowest BCUT2D eigenvalue weighted by molar-refractivity contribution is 0.392. The van der Waals surface area contributed by atoms with Gasteiger partial charge in [0.15, 0.2) is 5.96 Å². The summed E-state index contributed by atoms with van der Waals surface area (Å²) in [6, 6.07) is 13.5. The fraction of sp³-hybridized carbons (Fsp3) is 0.435. The van der Waals surface area contributed by atoms with E-state index in [1.807, 2.05) is 43.3 Å². The van der Waals surface area contributed by atoms with Crippen molar-refractivity contribution in [1.82, 2.24) is 15.5 Å². The minimum absolute atomic E-state index is 0.165. The number of nitrogens with one attached hydrogen (secondary N) is 2. The van der Waals surface area contributed by atoms with Gasteiger partial charge in [-0.2, -0.15) is 0 Å². The predicted octanol–water partition coefficient (Wildman–Crippen LogP) is 3.58. The van der Waals surface area contributed by atoms with Gasteiger partial charge < -0.3 is 20.3 Å². The van der Waals surface area contributed by atoms with Gasteiger partial charge in [0, 0.05) is 32.2 Å². The van der Waals surface area contributed by atoms with Crippen molar-refractivity contribution in [3.63, 3.8) is 0 Å². The van der Waals surface area contributed by atoms with Crippen LogP contribution in [0.5, 0.6) is 5.75 Å². The van der Waals surface area contributed by atoms with Gasteiger partial charge in [0.1, 0.15) is 11.6 Å². The number of unbranched alkanes of at least 4 members (excludes halogenated alkanes) is 1. The normalized spacial score (nSPS) is 11.6. The number of aryl methyl sites for hydroxylation is 1. The van der Waals surface area contributed by atoms with Crippen LogP contribution in [0, 0.1) is 5.82 Å². The summed E-state index contributed by atoms with van der Waals surface area (Å²) in [7, 11) is 7.31. The Balaban J connectivity index is 1.71. The minimum atomic E-state index is -0.165. The third kappa shape index (κ3) is 8.11. The molecule has 2 rings (SSSR count). The highest BCUT2D eigenvalue weighted by Gasteiger charge is 2.06. The van der Waals surface area contributed by atoms with Crippen LogP contribution < -0.4 is 15.4 Å². The molecule has 0 unspecified atom stereocenters. The molecule has 2 N–H and O–H groups in total. The molecule has 0 aliphatic heterocycles. The fourth-order valence-corrected chi connectivity index (χ4v) is 3.06. The molecule has 0 saturated heterocycles. The van der Waals surface area contributed by atoms with E-state index in [2.05, 4.69) is 27.8 Å². The van der Waals surface area contributed by atoms with Crippen LogP contribution in [-0.4, -0.2) is 45.7 Å². The first-order valence-electron chi connectivity index (χ1n) is 10.0. The van der Waals surface area contributed by atoms with Gasteiger partial charge in [-0.3, -0.25) is 4.99 Å². The molecule has 158 valence electrons. The minimum Gasteiger partial charge on any atom is -0.497 e. The van der Waals surface area contributed by atoms with Crippen molar-refractivity contribution in [2.45, 2.75) is 32.4 Å². The molecule has 0 amide bonds. The molecule has 2 aromatic carbocycles. The van der Waals surface area contributed by atoms with Crippen LogP contribution in [-0.2, 0) is 19.5 Å². The molecule has 2 aromatic rings. The van der Waals surface area contributed by atoms with Gasteiger partial charge in [-0.25, -0.2) is 4.39 Å². The number of nitrogens with zero attached hydrogens (tertiary/aromatic N) is 2. The lowest BCUT2D eigenvalue weighted by atomic mass is 10.1. The summed E-state index contributed by atoms with van der Waals surface area (Å²) >= 11 is 0. The van der Waals surface area contributed by atoms with Gasteiger partial charge in [-0.05, 0) is 68.8 Å². The molecule has 6 heteroatoms. The highest BCUT2D eigenvalue weighted by molar-refractivity contribution is 5.79. The number of rotatable bonds is 10. The van der Waals surface area contributed by atoms with Crippen molar-refractivity contribution in [2.75, 3.05) is 34.8 Å². The molecular weight excluding hydrogens is 367 g/mol. The van der Waals surface area contributed by atoms with E-state index < -0.39 is 0 Å². The van der Waals surface area contributed by atoms with Gasteiger partial charge >= 0.3 is 0 Å². The first kappa shape index (κ1) is 22.7. The summed E-state index contributed by atoms with van der Waals surface area (Å²) in [5.41, 5.74) is 3.06. The number of halogens is 1. The van der Waals surface area contributed by atoms with Gasteiger partial charge in [0.25, 0.3) is 0 Å². The van der Waals surface area contributed by atoms with E-state index in [0.29, 0.717) is 18.7 Å². The van der Waals surface area contributed by atoms with Crippen molar-refractivity contribution in [2.24, 2.45) is 4.99 Å². The average Bonchev–Trinajstić information content (AvgIpc) is 2.72. The number of guanidine groups is 1. The molecule has 0 aliphatic carbocycles. The van der Waals surface area contributed by atoms with Crippen molar-refractivity contribution < 1.29 is 9.13 Å². The maximum Gasteiger partial charge on any atom is 0.191 e. The van der Waals surface area contributed by atoms with Crippen LogP contribution in [0.25, 0.3) is 0 Å². The van der Waals surface area contributed by atoms with Crippen molar-refractivity contribution >= 4 is 5.96 Å². The predicted molar refractivity (Wildman–Crippen MR) is 118 cm³/mol. The van der Waals surface area contributed by atoms with E-state index in [4.69, 9.17) is 4.74 Å². The van der Waals surface area contributed by atoms with E-state index in [-0.39, 0.29) is 5.82 Å². The Labute approximate surface area is 174 Å². The second-order valence-electron chi connectivity index (χ2n) is 7.32. The summed E-state index contributed by atoms with van der Waals surface area (Å²) in [4.78, 5) is 6.22. The summed E-state index contributed by atoms with van der Waals surface area (Å²) in [5.74, 6) is 1.48. The molecule has 5 nitrogen and oxygen atoms in total. The number of hydrogen-bond acceptors (Lipinski definition) is 3. The first-order chi connectivity index (χ1) is 14.0. The third-order valence-corrected chi connectivity index (χ3v) is 4.62. The largest absolute Gasteiger partial charge is 0.497 e. The Kier molecular flexibility index (Phi) is 9.44. The van der Waals surface area contributed by atoms with Crippen LogP contribution in [0.3, 0.4) is 0 Å². The van der Waals surface area contributed by atoms with E-state index in [9.17, 15) is 4.39 Å². The molecule has 0 spiro atoms. The number of aliphatic imine (C=N–C) groups is 1. The first-order valence-corrected chi connectivity index (χ1v) is 10.0. The zero-order valence-corrected chi connectivity index (χ0v) is 18.0. The van der Waals surface area contributed by atoms with E-state index >= 15 is 0 Å². The van der Waals surface area contributed by atoms with Crippen molar-refractivity contribution in [3.05, 3.63) is 65.0 Å². The fourth-order valence-electron chi connectivity index (χ4n) is 3.06. The topological polar surface area (TPSA) is 48.9 Å². The van der Waals surface area contributed by atoms with Crippen LogP contribution >= 0.6 is 0 Å². The molecule has 0 fully saturated rings. The summed E-state index contributed by atoms with van der Waals surface area (Å²) < 4.78 is 19.1. The Morgan fingerprint density at radius 1 is 1.03 bits per heavy atom. The molecule has 0 radical (unpaired) electrons. The maximum absolute atomic E-state index is 13.9.